The molecule has 0 amide bonds. The molecule has 0 aliphatic carbocycles. The third kappa shape index (κ3) is 3.99. The van der Waals surface area contributed by atoms with Gasteiger partial charge in [-0.25, -0.2) is 0 Å². The van der Waals surface area contributed by atoms with Crippen molar-refractivity contribution in [1.29, 1.82) is 0 Å². The van der Waals surface area contributed by atoms with Gasteiger partial charge in [0.25, 0.3) is 0 Å². The minimum Gasteiger partial charge on any atom is -0.383 e. The molecule has 0 saturated carbocycles. The molecule has 14 heavy (non-hydrogen) atoms. The Balaban J connectivity index is 0.00000169. The van der Waals surface area contributed by atoms with Crippen molar-refractivity contribution in [2.24, 2.45) is 0 Å². The lowest BCUT2D eigenvalue weighted by molar-refractivity contribution is 0.205. The lowest BCUT2D eigenvalue weighted by atomic mass is 10.3. The number of para-hydroxylation sites is 1. The zero-order chi connectivity index (χ0) is 9.52. The van der Waals surface area contributed by atoms with E-state index in [1.165, 1.54) is 5.69 Å². The van der Waals surface area contributed by atoms with E-state index in [9.17, 15) is 0 Å². The van der Waals surface area contributed by atoms with Gasteiger partial charge in [0.05, 0.1) is 6.61 Å². The van der Waals surface area contributed by atoms with E-state index < -0.39 is 0 Å². The highest BCUT2D eigenvalue weighted by Crippen LogP contribution is 2.11. The molecule has 0 bridgehead atoms. The van der Waals surface area contributed by atoms with Crippen LogP contribution in [0.2, 0.25) is 0 Å². The smallest absolute Gasteiger partial charge is 0.0637 e. The van der Waals surface area contributed by atoms with E-state index in [4.69, 9.17) is 4.74 Å². The summed E-state index contributed by atoms with van der Waals surface area (Å²) in [6.45, 7) is 4.91. The lowest BCUT2D eigenvalue weighted by Gasteiger charge is -2.22. The Labute approximate surface area is 92.3 Å². The molecule has 80 valence electrons. The van der Waals surface area contributed by atoms with Crippen molar-refractivity contribution in [3.63, 3.8) is 0 Å². The van der Waals surface area contributed by atoms with Crippen LogP contribution in [0.4, 0.5) is 5.69 Å². The molecule has 0 aliphatic heterocycles. The van der Waals surface area contributed by atoms with Crippen molar-refractivity contribution in [2.45, 2.75) is 6.92 Å². The molecule has 0 aromatic heterocycles. The Morgan fingerprint density at radius 2 is 1.86 bits per heavy atom. The molecule has 2 nitrogen and oxygen atoms in total. The van der Waals surface area contributed by atoms with Gasteiger partial charge in [-0.3, -0.25) is 0 Å². The van der Waals surface area contributed by atoms with Crippen LogP contribution >= 0.6 is 12.4 Å². The summed E-state index contributed by atoms with van der Waals surface area (Å²) in [5.74, 6) is 0. The number of hydrogen-bond donors (Lipinski definition) is 0. The molecule has 0 heterocycles. The number of rotatable bonds is 5. The first-order valence-electron chi connectivity index (χ1n) is 4.67. The van der Waals surface area contributed by atoms with Gasteiger partial charge >= 0.3 is 0 Å². The van der Waals surface area contributed by atoms with Crippen LogP contribution in [-0.2, 0) is 4.74 Å². The standard InChI is InChI=1S/C11H17NO.ClH/c1-3-12(9-10-13-2)11-7-5-4-6-8-11;/h4-8H,3,9-10H2,1-2H3;1H. The first kappa shape index (κ1) is 13.3. The number of anilines is 1. The van der Waals surface area contributed by atoms with Crippen LogP contribution in [0.15, 0.2) is 30.3 Å². The molecule has 0 fully saturated rings. The number of hydrogen-bond acceptors (Lipinski definition) is 2. The van der Waals surface area contributed by atoms with Gasteiger partial charge in [-0.15, -0.1) is 12.4 Å². The van der Waals surface area contributed by atoms with Crippen molar-refractivity contribution in [3.8, 4) is 0 Å². The van der Waals surface area contributed by atoms with E-state index in [0.717, 1.165) is 19.7 Å². The number of benzene rings is 1. The fourth-order valence-corrected chi connectivity index (χ4v) is 1.31. The Kier molecular flexibility index (Phi) is 7.25. The van der Waals surface area contributed by atoms with Gasteiger partial charge in [0, 0.05) is 25.9 Å². The summed E-state index contributed by atoms with van der Waals surface area (Å²) in [6.07, 6.45) is 0. The molecule has 0 N–H and O–H groups in total. The van der Waals surface area contributed by atoms with E-state index in [1.807, 2.05) is 6.07 Å². The van der Waals surface area contributed by atoms with Gasteiger partial charge < -0.3 is 9.64 Å². The van der Waals surface area contributed by atoms with Gasteiger partial charge in [0.2, 0.25) is 0 Å². The monoisotopic (exact) mass is 215 g/mol. The fraction of sp³-hybridized carbons (Fsp3) is 0.455. The lowest BCUT2D eigenvalue weighted by Crippen LogP contribution is -2.26. The molecule has 0 spiro atoms. The molecule has 0 saturated heterocycles. The Bertz CT molecular complexity index is 228. The summed E-state index contributed by atoms with van der Waals surface area (Å²) in [4.78, 5) is 2.30. The second-order valence-corrected chi connectivity index (χ2v) is 2.91. The minimum atomic E-state index is 0. The summed E-state index contributed by atoms with van der Waals surface area (Å²) >= 11 is 0. The summed E-state index contributed by atoms with van der Waals surface area (Å²) in [5.41, 5.74) is 1.27. The van der Waals surface area contributed by atoms with Crippen LogP contribution in [0.25, 0.3) is 0 Å². The third-order valence-corrected chi connectivity index (χ3v) is 2.07. The van der Waals surface area contributed by atoms with Gasteiger partial charge in [-0.05, 0) is 19.1 Å². The summed E-state index contributed by atoms with van der Waals surface area (Å²) < 4.78 is 5.05. The molecule has 1 rings (SSSR count). The van der Waals surface area contributed by atoms with Gasteiger partial charge in [0.15, 0.2) is 0 Å². The summed E-state index contributed by atoms with van der Waals surface area (Å²) in [5, 5.41) is 0. The van der Waals surface area contributed by atoms with Crippen LogP contribution in [0.3, 0.4) is 0 Å². The maximum absolute atomic E-state index is 5.05. The number of methoxy groups -OCH3 is 1. The second-order valence-electron chi connectivity index (χ2n) is 2.91. The normalized spacial score (nSPS) is 9.29. The Morgan fingerprint density at radius 1 is 1.21 bits per heavy atom. The Hall–Kier alpha value is -0.730. The predicted molar refractivity (Wildman–Crippen MR) is 63.5 cm³/mol. The predicted octanol–water partition coefficient (Wildman–Crippen LogP) is 2.58. The molecular weight excluding hydrogens is 198 g/mol. The van der Waals surface area contributed by atoms with Crippen molar-refractivity contribution in [1.82, 2.24) is 0 Å². The van der Waals surface area contributed by atoms with Crippen LogP contribution in [0, 0.1) is 0 Å². The first-order chi connectivity index (χ1) is 6.38. The van der Waals surface area contributed by atoms with Crippen LogP contribution in [-0.4, -0.2) is 26.8 Å². The highest BCUT2D eigenvalue weighted by atomic mass is 35.5. The number of ether oxygens (including phenoxy) is 1. The van der Waals surface area contributed by atoms with Crippen LogP contribution in [0.1, 0.15) is 6.92 Å². The van der Waals surface area contributed by atoms with Crippen molar-refractivity contribution >= 4 is 18.1 Å². The SMILES string of the molecule is CCN(CCOC)c1ccccc1.Cl. The molecule has 0 unspecified atom stereocenters. The zero-order valence-electron chi connectivity index (χ0n) is 8.77. The molecule has 0 aliphatic rings. The topological polar surface area (TPSA) is 12.5 Å². The highest BCUT2D eigenvalue weighted by Gasteiger charge is 2.01. The zero-order valence-corrected chi connectivity index (χ0v) is 9.59. The maximum atomic E-state index is 5.05. The van der Waals surface area contributed by atoms with Crippen LogP contribution in [0.5, 0.6) is 0 Å². The van der Waals surface area contributed by atoms with E-state index in [0.29, 0.717) is 0 Å². The average Bonchev–Trinajstić information content (AvgIpc) is 2.21. The van der Waals surface area contributed by atoms with Crippen LogP contribution < -0.4 is 4.90 Å². The number of nitrogens with zero attached hydrogens (tertiary/aromatic N) is 1. The number of likely N-dealkylation sites (N-methyl/N-ethyl adjacent to an activating group) is 1. The van der Waals surface area contributed by atoms with Crippen molar-refractivity contribution in [2.75, 3.05) is 31.7 Å². The Morgan fingerprint density at radius 3 is 2.36 bits per heavy atom. The summed E-state index contributed by atoms with van der Waals surface area (Å²) in [6, 6.07) is 10.4. The van der Waals surface area contributed by atoms with Crippen molar-refractivity contribution in [3.05, 3.63) is 30.3 Å². The van der Waals surface area contributed by atoms with E-state index in [1.54, 1.807) is 7.11 Å². The maximum Gasteiger partial charge on any atom is 0.0637 e. The molecule has 1 aromatic rings. The van der Waals surface area contributed by atoms with E-state index >= 15 is 0 Å². The highest BCUT2D eigenvalue weighted by molar-refractivity contribution is 5.85. The first-order valence-corrected chi connectivity index (χ1v) is 4.67. The van der Waals surface area contributed by atoms with Gasteiger partial charge in [-0.1, -0.05) is 18.2 Å². The van der Waals surface area contributed by atoms with Crippen molar-refractivity contribution < 1.29 is 4.74 Å². The van der Waals surface area contributed by atoms with Gasteiger partial charge in [0.1, 0.15) is 0 Å². The second kappa shape index (κ2) is 7.65. The van der Waals surface area contributed by atoms with E-state index in [-0.39, 0.29) is 12.4 Å². The van der Waals surface area contributed by atoms with E-state index in [2.05, 4.69) is 36.1 Å². The molecule has 0 atom stereocenters. The molecular formula is C11H18ClNO. The minimum absolute atomic E-state index is 0. The quantitative estimate of drug-likeness (QED) is 0.749. The molecule has 0 radical (unpaired) electrons. The summed E-state index contributed by atoms with van der Waals surface area (Å²) in [7, 11) is 1.73. The third-order valence-electron chi connectivity index (χ3n) is 2.07. The number of halogens is 1. The molecule has 3 heteroatoms. The fourth-order valence-electron chi connectivity index (χ4n) is 1.31. The largest absolute Gasteiger partial charge is 0.383 e. The van der Waals surface area contributed by atoms with Gasteiger partial charge in [-0.2, -0.15) is 0 Å². The molecule has 1 aromatic carbocycles. The average molecular weight is 216 g/mol.